The van der Waals surface area contributed by atoms with Gasteiger partial charge < -0.3 is 5.11 Å². The van der Waals surface area contributed by atoms with Gasteiger partial charge in [-0.05, 0) is 59.9 Å². The standard InChI is InChI=1S/C14H14O2S/c1-2-10-11-6-8-4-3-5-9(8)7-12(11)17-13(10)14(15)16/h6-7H,2-5H2,1H3,(H,15,16). The maximum absolute atomic E-state index is 11.2. The fraction of sp³-hybridized carbons (Fsp3) is 0.357. The molecule has 1 aromatic carbocycles. The van der Waals surface area contributed by atoms with Crippen molar-refractivity contribution in [3.8, 4) is 0 Å². The van der Waals surface area contributed by atoms with Gasteiger partial charge in [0.15, 0.2) is 0 Å². The van der Waals surface area contributed by atoms with Crippen LogP contribution in [-0.4, -0.2) is 11.1 Å². The lowest BCUT2D eigenvalue weighted by Gasteiger charge is -2.01. The molecule has 0 fully saturated rings. The van der Waals surface area contributed by atoms with E-state index in [0.29, 0.717) is 4.88 Å². The molecule has 0 radical (unpaired) electrons. The molecule has 2 aromatic rings. The first kappa shape index (κ1) is 10.8. The number of hydrogen-bond acceptors (Lipinski definition) is 2. The lowest BCUT2D eigenvalue weighted by Crippen LogP contribution is -1.96. The van der Waals surface area contributed by atoms with Crippen LogP contribution >= 0.6 is 11.3 Å². The molecule has 1 aliphatic carbocycles. The van der Waals surface area contributed by atoms with Crippen molar-refractivity contribution in [2.45, 2.75) is 32.6 Å². The number of carboxylic acids is 1. The van der Waals surface area contributed by atoms with Crippen LogP contribution in [0.15, 0.2) is 12.1 Å². The molecule has 2 nitrogen and oxygen atoms in total. The molecule has 0 aliphatic heterocycles. The fourth-order valence-corrected chi connectivity index (χ4v) is 3.92. The minimum absolute atomic E-state index is 0.520. The van der Waals surface area contributed by atoms with E-state index in [1.165, 1.54) is 28.9 Å². The molecule has 1 heterocycles. The van der Waals surface area contributed by atoms with Crippen molar-refractivity contribution >= 4 is 27.4 Å². The summed E-state index contributed by atoms with van der Waals surface area (Å²) in [5.74, 6) is -0.789. The van der Waals surface area contributed by atoms with Gasteiger partial charge in [-0.15, -0.1) is 11.3 Å². The zero-order chi connectivity index (χ0) is 12.0. The van der Waals surface area contributed by atoms with E-state index in [4.69, 9.17) is 0 Å². The van der Waals surface area contributed by atoms with Crippen LogP contribution in [0.2, 0.25) is 0 Å². The van der Waals surface area contributed by atoms with Crippen LogP contribution in [0.5, 0.6) is 0 Å². The van der Waals surface area contributed by atoms with Crippen molar-refractivity contribution in [3.05, 3.63) is 33.7 Å². The molecule has 17 heavy (non-hydrogen) atoms. The third kappa shape index (κ3) is 1.57. The summed E-state index contributed by atoms with van der Waals surface area (Å²) in [7, 11) is 0. The topological polar surface area (TPSA) is 37.3 Å². The zero-order valence-electron chi connectivity index (χ0n) is 9.75. The van der Waals surface area contributed by atoms with Crippen LogP contribution in [0.1, 0.15) is 39.7 Å². The first-order valence-electron chi connectivity index (χ1n) is 6.01. The Bertz CT molecular complexity index is 610. The van der Waals surface area contributed by atoms with E-state index in [9.17, 15) is 9.90 Å². The molecule has 0 atom stereocenters. The quantitative estimate of drug-likeness (QED) is 0.878. The second-order valence-electron chi connectivity index (χ2n) is 4.54. The molecule has 0 spiro atoms. The van der Waals surface area contributed by atoms with Crippen molar-refractivity contribution in [2.75, 3.05) is 0 Å². The Labute approximate surface area is 104 Å². The molecule has 1 N–H and O–H groups in total. The number of aromatic carboxylic acids is 1. The lowest BCUT2D eigenvalue weighted by atomic mass is 10.0. The lowest BCUT2D eigenvalue weighted by molar-refractivity contribution is 0.0701. The molecule has 1 aliphatic rings. The highest BCUT2D eigenvalue weighted by Gasteiger charge is 2.19. The fourth-order valence-electron chi connectivity index (χ4n) is 2.74. The number of fused-ring (bicyclic) bond motifs is 2. The van der Waals surface area contributed by atoms with E-state index < -0.39 is 5.97 Å². The van der Waals surface area contributed by atoms with Gasteiger partial charge in [0, 0.05) is 4.70 Å². The number of hydrogen-bond donors (Lipinski definition) is 1. The Morgan fingerprint density at radius 3 is 2.71 bits per heavy atom. The van der Waals surface area contributed by atoms with E-state index in [0.717, 1.165) is 34.9 Å². The van der Waals surface area contributed by atoms with Crippen LogP contribution in [0.4, 0.5) is 0 Å². The Hall–Kier alpha value is -1.35. The second kappa shape index (κ2) is 3.84. The zero-order valence-corrected chi connectivity index (χ0v) is 10.6. The molecular formula is C14H14O2S. The van der Waals surface area contributed by atoms with Crippen molar-refractivity contribution in [2.24, 2.45) is 0 Å². The first-order valence-corrected chi connectivity index (χ1v) is 6.82. The van der Waals surface area contributed by atoms with Gasteiger partial charge >= 0.3 is 5.97 Å². The predicted octanol–water partition coefficient (Wildman–Crippen LogP) is 3.65. The molecular weight excluding hydrogens is 232 g/mol. The normalized spacial score (nSPS) is 14.2. The Morgan fingerprint density at radius 1 is 1.35 bits per heavy atom. The molecule has 3 rings (SSSR count). The Balaban J connectivity index is 2.31. The van der Waals surface area contributed by atoms with Gasteiger partial charge in [-0.1, -0.05) is 6.92 Å². The minimum Gasteiger partial charge on any atom is -0.477 e. The average molecular weight is 246 g/mol. The summed E-state index contributed by atoms with van der Waals surface area (Å²) in [6.45, 7) is 2.03. The number of carboxylic acid groups (broad SMARTS) is 1. The van der Waals surface area contributed by atoms with Crippen molar-refractivity contribution in [3.63, 3.8) is 0 Å². The summed E-state index contributed by atoms with van der Waals surface area (Å²) in [6.07, 6.45) is 4.32. The summed E-state index contributed by atoms with van der Waals surface area (Å²) < 4.78 is 1.14. The Kier molecular flexibility index (Phi) is 2.44. The summed E-state index contributed by atoms with van der Waals surface area (Å²) >= 11 is 1.42. The molecule has 3 heteroatoms. The van der Waals surface area contributed by atoms with Gasteiger partial charge in [-0.25, -0.2) is 4.79 Å². The summed E-state index contributed by atoms with van der Waals surface area (Å²) in [5.41, 5.74) is 3.84. The predicted molar refractivity (Wildman–Crippen MR) is 70.2 cm³/mol. The maximum atomic E-state index is 11.2. The molecule has 0 unspecified atom stereocenters. The van der Waals surface area contributed by atoms with Crippen LogP contribution in [-0.2, 0) is 19.3 Å². The molecule has 88 valence electrons. The average Bonchev–Trinajstić information content (AvgIpc) is 2.87. The van der Waals surface area contributed by atoms with E-state index >= 15 is 0 Å². The number of carbonyl (C=O) groups is 1. The van der Waals surface area contributed by atoms with Gasteiger partial charge in [0.1, 0.15) is 4.88 Å². The molecule has 1 aromatic heterocycles. The largest absolute Gasteiger partial charge is 0.477 e. The highest BCUT2D eigenvalue weighted by molar-refractivity contribution is 7.21. The second-order valence-corrected chi connectivity index (χ2v) is 5.59. The van der Waals surface area contributed by atoms with Crippen LogP contribution < -0.4 is 0 Å². The van der Waals surface area contributed by atoms with E-state index in [1.807, 2.05) is 6.92 Å². The smallest absolute Gasteiger partial charge is 0.346 e. The van der Waals surface area contributed by atoms with Crippen LogP contribution in [0, 0.1) is 0 Å². The third-order valence-electron chi connectivity index (χ3n) is 3.55. The van der Waals surface area contributed by atoms with Gasteiger partial charge in [-0.3, -0.25) is 0 Å². The molecule has 0 saturated carbocycles. The molecule has 0 bridgehead atoms. The van der Waals surface area contributed by atoms with E-state index in [1.54, 1.807) is 0 Å². The highest BCUT2D eigenvalue weighted by atomic mass is 32.1. The van der Waals surface area contributed by atoms with E-state index in [2.05, 4.69) is 12.1 Å². The summed E-state index contributed by atoms with van der Waals surface area (Å²) in [6, 6.07) is 4.42. The number of benzene rings is 1. The van der Waals surface area contributed by atoms with Crippen LogP contribution in [0.25, 0.3) is 10.1 Å². The SMILES string of the molecule is CCc1c(C(=O)O)sc2cc3c(cc12)CCC3. The number of thiophene rings is 1. The third-order valence-corrected chi connectivity index (χ3v) is 4.74. The van der Waals surface area contributed by atoms with Gasteiger partial charge in [0.05, 0.1) is 0 Å². The Morgan fingerprint density at radius 2 is 2.06 bits per heavy atom. The number of aryl methyl sites for hydroxylation is 3. The molecule has 0 amide bonds. The van der Waals surface area contributed by atoms with Crippen molar-refractivity contribution < 1.29 is 9.90 Å². The van der Waals surface area contributed by atoms with Crippen molar-refractivity contribution in [1.29, 1.82) is 0 Å². The van der Waals surface area contributed by atoms with Gasteiger partial charge in [0.2, 0.25) is 0 Å². The monoisotopic (exact) mass is 246 g/mol. The van der Waals surface area contributed by atoms with Crippen molar-refractivity contribution in [1.82, 2.24) is 0 Å². The maximum Gasteiger partial charge on any atom is 0.346 e. The molecule has 0 saturated heterocycles. The van der Waals surface area contributed by atoms with Gasteiger partial charge in [0.25, 0.3) is 0 Å². The van der Waals surface area contributed by atoms with Crippen LogP contribution in [0.3, 0.4) is 0 Å². The summed E-state index contributed by atoms with van der Waals surface area (Å²) in [4.78, 5) is 11.7. The minimum atomic E-state index is -0.789. The van der Waals surface area contributed by atoms with Gasteiger partial charge in [-0.2, -0.15) is 0 Å². The first-order chi connectivity index (χ1) is 8.20. The van der Waals surface area contributed by atoms with E-state index in [-0.39, 0.29) is 0 Å². The number of rotatable bonds is 2. The summed E-state index contributed by atoms with van der Waals surface area (Å²) in [5, 5.41) is 10.4. The highest BCUT2D eigenvalue weighted by Crippen LogP contribution is 2.36.